The molecule has 0 heterocycles. The summed E-state index contributed by atoms with van der Waals surface area (Å²) in [5.41, 5.74) is 5.04. The third kappa shape index (κ3) is 10.6. The number of hydrogen-bond donors (Lipinski definition) is 0. The average molecular weight is 499 g/mol. The summed E-state index contributed by atoms with van der Waals surface area (Å²) in [7, 11) is 0. The first kappa shape index (κ1) is 28.1. The van der Waals surface area contributed by atoms with Crippen molar-refractivity contribution in [3.63, 3.8) is 0 Å². The Morgan fingerprint density at radius 2 is 1.32 bits per heavy atom. The molecule has 3 aromatic rings. The SMILES string of the molecule is C=C(C)c1ccc(OCCCCCCCCCCc2ccc(C=CC(=O)c3ccc(F)cc3)cc2)cc1. The highest BCUT2D eigenvalue weighted by molar-refractivity contribution is 6.06. The van der Waals surface area contributed by atoms with Crippen LogP contribution in [-0.2, 0) is 6.42 Å². The van der Waals surface area contributed by atoms with Gasteiger partial charge in [0.15, 0.2) is 5.78 Å². The molecule has 0 atom stereocenters. The Morgan fingerprint density at radius 3 is 1.95 bits per heavy atom. The number of carbonyl (C=O) groups is 1. The minimum atomic E-state index is -0.338. The fourth-order valence-electron chi connectivity index (χ4n) is 4.20. The van der Waals surface area contributed by atoms with Crippen molar-refractivity contribution in [1.29, 1.82) is 0 Å². The summed E-state index contributed by atoms with van der Waals surface area (Å²) < 4.78 is 18.8. The maximum atomic E-state index is 13.0. The largest absolute Gasteiger partial charge is 0.494 e. The zero-order valence-electron chi connectivity index (χ0n) is 22.1. The van der Waals surface area contributed by atoms with Crippen molar-refractivity contribution in [2.45, 2.75) is 64.7 Å². The summed E-state index contributed by atoms with van der Waals surface area (Å²) in [4.78, 5) is 12.2. The molecule has 0 aliphatic heterocycles. The van der Waals surface area contributed by atoms with Crippen LogP contribution in [-0.4, -0.2) is 12.4 Å². The molecule has 0 aliphatic carbocycles. The Kier molecular flexibility index (Phi) is 11.9. The summed E-state index contributed by atoms with van der Waals surface area (Å²) in [5, 5.41) is 0. The monoisotopic (exact) mass is 498 g/mol. The predicted molar refractivity (Wildman–Crippen MR) is 153 cm³/mol. The van der Waals surface area contributed by atoms with E-state index < -0.39 is 0 Å². The number of benzene rings is 3. The van der Waals surface area contributed by atoms with Crippen molar-refractivity contribution < 1.29 is 13.9 Å². The second-order valence-corrected chi connectivity index (χ2v) is 9.68. The highest BCUT2D eigenvalue weighted by Gasteiger charge is 2.02. The average Bonchev–Trinajstić information content (AvgIpc) is 2.91. The van der Waals surface area contributed by atoms with Crippen molar-refractivity contribution in [3.8, 4) is 5.75 Å². The maximum Gasteiger partial charge on any atom is 0.185 e. The molecule has 0 amide bonds. The van der Waals surface area contributed by atoms with Crippen LogP contribution in [0.15, 0.2) is 85.5 Å². The summed E-state index contributed by atoms with van der Waals surface area (Å²) in [6.07, 6.45) is 14.4. The third-order valence-electron chi connectivity index (χ3n) is 6.51. The highest BCUT2D eigenvalue weighted by atomic mass is 19.1. The Balaban J connectivity index is 1.19. The molecule has 0 fully saturated rings. The lowest BCUT2D eigenvalue weighted by Gasteiger charge is -2.07. The van der Waals surface area contributed by atoms with Crippen LogP contribution in [0.3, 0.4) is 0 Å². The summed E-state index contributed by atoms with van der Waals surface area (Å²) in [6.45, 7) is 6.76. The molecule has 3 heteroatoms. The lowest BCUT2D eigenvalue weighted by molar-refractivity contribution is 0.104. The van der Waals surface area contributed by atoms with Gasteiger partial charge in [-0.25, -0.2) is 4.39 Å². The number of ether oxygens (including phenoxy) is 1. The Labute approximate surface area is 221 Å². The third-order valence-corrected chi connectivity index (χ3v) is 6.51. The van der Waals surface area contributed by atoms with E-state index in [1.54, 1.807) is 0 Å². The fraction of sp³-hybridized carbons (Fsp3) is 0.324. The molecule has 2 nitrogen and oxygen atoms in total. The lowest BCUT2D eigenvalue weighted by Crippen LogP contribution is -1.97. The molecule has 0 aliphatic rings. The predicted octanol–water partition coefficient (Wildman–Crippen LogP) is 9.50. The standard InChI is InChI=1S/C34H39FO2/c1-27(2)30-19-23-33(24-20-30)37-26-10-8-6-4-3-5-7-9-11-28-12-14-29(15-13-28)16-25-34(36)31-17-21-32(35)22-18-31/h12-25H,1,3-11,26H2,2H3. The molecule has 0 radical (unpaired) electrons. The normalized spacial score (nSPS) is 11.1. The molecule has 3 aromatic carbocycles. The highest BCUT2D eigenvalue weighted by Crippen LogP contribution is 2.18. The summed E-state index contributed by atoms with van der Waals surface area (Å²) >= 11 is 0. The van der Waals surface area contributed by atoms with E-state index in [9.17, 15) is 9.18 Å². The zero-order valence-corrected chi connectivity index (χ0v) is 22.1. The van der Waals surface area contributed by atoms with Gasteiger partial charge in [-0.3, -0.25) is 4.79 Å². The number of aryl methyl sites for hydroxylation is 1. The number of hydrogen-bond acceptors (Lipinski definition) is 2. The van der Waals surface area contributed by atoms with Crippen LogP contribution in [0.25, 0.3) is 11.6 Å². The Hall–Kier alpha value is -3.46. The summed E-state index contributed by atoms with van der Waals surface area (Å²) in [5.74, 6) is 0.477. The van der Waals surface area contributed by atoms with Crippen molar-refractivity contribution >= 4 is 17.4 Å². The molecular formula is C34H39FO2. The van der Waals surface area contributed by atoms with Gasteiger partial charge < -0.3 is 4.74 Å². The quantitative estimate of drug-likeness (QED) is 0.112. The molecule has 37 heavy (non-hydrogen) atoms. The number of carbonyl (C=O) groups excluding carboxylic acids is 1. The van der Waals surface area contributed by atoms with Gasteiger partial charge in [-0.1, -0.05) is 93.2 Å². The van der Waals surface area contributed by atoms with E-state index in [-0.39, 0.29) is 11.6 Å². The molecule has 0 unspecified atom stereocenters. The minimum Gasteiger partial charge on any atom is -0.494 e. The van der Waals surface area contributed by atoms with E-state index >= 15 is 0 Å². The van der Waals surface area contributed by atoms with Crippen molar-refractivity contribution in [3.05, 3.63) is 114 Å². The molecule has 0 spiro atoms. The Bertz CT molecular complexity index is 1130. The van der Waals surface area contributed by atoms with Gasteiger partial charge in [0.2, 0.25) is 0 Å². The van der Waals surface area contributed by atoms with Crippen LogP contribution in [0.5, 0.6) is 5.75 Å². The molecule has 3 rings (SSSR count). The van der Waals surface area contributed by atoms with Gasteiger partial charge in [-0.05, 0) is 85.4 Å². The number of allylic oxidation sites excluding steroid dienone is 2. The zero-order chi connectivity index (χ0) is 26.3. The van der Waals surface area contributed by atoms with Gasteiger partial charge in [0.05, 0.1) is 6.61 Å². The molecular weight excluding hydrogens is 459 g/mol. The van der Waals surface area contributed by atoms with Gasteiger partial charge in [-0.15, -0.1) is 0 Å². The molecule has 0 aromatic heterocycles. The number of unbranched alkanes of at least 4 members (excludes halogenated alkanes) is 7. The van der Waals surface area contributed by atoms with Crippen molar-refractivity contribution in [2.24, 2.45) is 0 Å². The van der Waals surface area contributed by atoms with Crippen molar-refractivity contribution in [1.82, 2.24) is 0 Å². The number of rotatable bonds is 16. The fourth-order valence-corrected chi connectivity index (χ4v) is 4.20. The van der Waals surface area contributed by atoms with Gasteiger partial charge in [-0.2, -0.15) is 0 Å². The van der Waals surface area contributed by atoms with Crippen LogP contribution in [0.4, 0.5) is 4.39 Å². The van der Waals surface area contributed by atoms with E-state index in [1.165, 1.54) is 80.9 Å². The van der Waals surface area contributed by atoms with E-state index in [1.807, 2.05) is 37.3 Å². The van der Waals surface area contributed by atoms with E-state index in [0.717, 1.165) is 41.9 Å². The van der Waals surface area contributed by atoms with Crippen molar-refractivity contribution in [2.75, 3.05) is 6.61 Å². The minimum absolute atomic E-state index is 0.123. The second kappa shape index (κ2) is 15.6. The van der Waals surface area contributed by atoms with Gasteiger partial charge in [0.25, 0.3) is 0 Å². The Morgan fingerprint density at radius 1 is 0.757 bits per heavy atom. The van der Waals surface area contributed by atoms with Gasteiger partial charge in [0, 0.05) is 5.56 Å². The number of halogens is 1. The second-order valence-electron chi connectivity index (χ2n) is 9.68. The first-order chi connectivity index (χ1) is 18.0. The molecule has 0 bridgehead atoms. The number of ketones is 1. The van der Waals surface area contributed by atoms with Crippen LogP contribution in [0.1, 0.15) is 85.3 Å². The van der Waals surface area contributed by atoms with Crippen LogP contribution in [0, 0.1) is 5.82 Å². The maximum absolute atomic E-state index is 13.0. The smallest absolute Gasteiger partial charge is 0.185 e. The van der Waals surface area contributed by atoms with E-state index in [2.05, 4.69) is 30.8 Å². The summed E-state index contributed by atoms with van der Waals surface area (Å²) in [6, 6.07) is 22.2. The molecule has 0 saturated heterocycles. The lowest BCUT2D eigenvalue weighted by atomic mass is 10.0. The molecule has 0 saturated carbocycles. The van der Waals surface area contributed by atoms with Crippen LogP contribution >= 0.6 is 0 Å². The first-order valence-electron chi connectivity index (χ1n) is 13.5. The molecule has 194 valence electrons. The first-order valence-corrected chi connectivity index (χ1v) is 13.5. The van der Waals surface area contributed by atoms with E-state index in [4.69, 9.17) is 4.74 Å². The van der Waals surface area contributed by atoms with E-state index in [0.29, 0.717) is 5.56 Å². The van der Waals surface area contributed by atoms with Crippen LogP contribution in [0.2, 0.25) is 0 Å². The van der Waals surface area contributed by atoms with Gasteiger partial charge >= 0.3 is 0 Å². The topological polar surface area (TPSA) is 26.3 Å². The van der Waals surface area contributed by atoms with Crippen LogP contribution < -0.4 is 4.74 Å². The van der Waals surface area contributed by atoms with Gasteiger partial charge in [0.1, 0.15) is 11.6 Å². The molecule has 0 N–H and O–H groups in total.